The second-order valence-electron chi connectivity index (χ2n) is 5.68. The maximum Gasteiger partial charge on any atom is 0.191 e. The van der Waals surface area contributed by atoms with Crippen LogP contribution in [0.15, 0.2) is 65.5 Å². The number of guanidine groups is 1. The maximum absolute atomic E-state index is 4.70. The van der Waals surface area contributed by atoms with Crippen molar-refractivity contribution in [2.45, 2.75) is 26.6 Å². The van der Waals surface area contributed by atoms with Crippen LogP contribution in [0.5, 0.6) is 0 Å². The molecule has 0 atom stereocenters. The van der Waals surface area contributed by atoms with E-state index < -0.39 is 0 Å². The molecule has 3 aromatic rings. The van der Waals surface area contributed by atoms with E-state index in [1.165, 1.54) is 16.0 Å². The highest BCUT2D eigenvalue weighted by Crippen LogP contribution is 2.09. The number of aromatic nitrogens is 2. The SMILES string of the molecule is CCNC(=NCc1cccc(Cn2ccnc2)c1)NCc1cccs1. The molecule has 6 heteroatoms. The molecule has 0 fully saturated rings. The second kappa shape index (κ2) is 9.03. The number of hydrogen-bond donors (Lipinski definition) is 2. The van der Waals surface area contributed by atoms with Gasteiger partial charge in [-0.2, -0.15) is 0 Å². The van der Waals surface area contributed by atoms with E-state index in [4.69, 9.17) is 4.99 Å². The zero-order valence-electron chi connectivity index (χ0n) is 14.4. The Hall–Kier alpha value is -2.60. The van der Waals surface area contributed by atoms with Crippen LogP contribution in [0.1, 0.15) is 22.9 Å². The van der Waals surface area contributed by atoms with Crippen molar-refractivity contribution in [1.82, 2.24) is 20.2 Å². The summed E-state index contributed by atoms with van der Waals surface area (Å²) < 4.78 is 2.06. The first kappa shape index (κ1) is 17.2. The zero-order valence-corrected chi connectivity index (χ0v) is 15.2. The molecule has 25 heavy (non-hydrogen) atoms. The molecule has 0 aliphatic rings. The first-order valence-corrected chi connectivity index (χ1v) is 9.29. The summed E-state index contributed by atoms with van der Waals surface area (Å²) in [5.74, 6) is 0.843. The van der Waals surface area contributed by atoms with Crippen LogP contribution < -0.4 is 10.6 Å². The van der Waals surface area contributed by atoms with Crippen molar-refractivity contribution in [3.63, 3.8) is 0 Å². The molecule has 0 aliphatic heterocycles. The van der Waals surface area contributed by atoms with Gasteiger partial charge >= 0.3 is 0 Å². The van der Waals surface area contributed by atoms with Gasteiger partial charge in [0.05, 0.1) is 19.4 Å². The molecule has 2 N–H and O–H groups in total. The third-order valence-electron chi connectivity index (χ3n) is 3.69. The summed E-state index contributed by atoms with van der Waals surface area (Å²) in [6, 6.07) is 12.7. The lowest BCUT2D eigenvalue weighted by Crippen LogP contribution is -2.36. The molecule has 130 valence electrons. The van der Waals surface area contributed by atoms with Crippen molar-refractivity contribution in [3.8, 4) is 0 Å². The average molecular weight is 353 g/mol. The summed E-state index contributed by atoms with van der Waals surface area (Å²) in [7, 11) is 0. The Bertz CT molecular complexity index is 778. The quantitative estimate of drug-likeness (QED) is 0.506. The third-order valence-corrected chi connectivity index (χ3v) is 4.57. The van der Waals surface area contributed by atoms with Gasteiger partial charge in [-0.15, -0.1) is 11.3 Å². The summed E-state index contributed by atoms with van der Waals surface area (Å²) in [5.41, 5.74) is 2.45. The molecule has 1 aromatic carbocycles. The molecule has 0 bridgehead atoms. The lowest BCUT2D eigenvalue weighted by atomic mass is 10.1. The maximum atomic E-state index is 4.70. The van der Waals surface area contributed by atoms with Crippen molar-refractivity contribution < 1.29 is 0 Å². The number of benzene rings is 1. The highest BCUT2D eigenvalue weighted by Gasteiger charge is 2.01. The Morgan fingerprint density at radius 1 is 1.20 bits per heavy atom. The molecular weight excluding hydrogens is 330 g/mol. The van der Waals surface area contributed by atoms with Crippen LogP contribution in [0.4, 0.5) is 0 Å². The van der Waals surface area contributed by atoms with E-state index in [0.717, 1.165) is 25.6 Å². The predicted octanol–water partition coefficient (Wildman–Crippen LogP) is 3.25. The monoisotopic (exact) mass is 353 g/mol. The van der Waals surface area contributed by atoms with Crippen molar-refractivity contribution in [1.29, 1.82) is 0 Å². The van der Waals surface area contributed by atoms with Crippen molar-refractivity contribution in [2.75, 3.05) is 6.54 Å². The molecule has 2 aromatic heterocycles. The highest BCUT2D eigenvalue weighted by molar-refractivity contribution is 7.09. The summed E-state index contributed by atoms with van der Waals surface area (Å²) >= 11 is 1.75. The largest absolute Gasteiger partial charge is 0.357 e. The fraction of sp³-hybridized carbons (Fsp3) is 0.263. The normalized spacial score (nSPS) is 11.5. The Morgan fingerprint density at radius 3 is 2.88 bits per heavy atom. The third kappa shape index (κ3) is 5.46. The zero-order chi connectivity index (χ0) is 17.3. The van der Waals surface area contributed by atoms with Gasteiger partial charge in [0.15, 0.2) is 5.96 Å². The molecule has 0 amide bonds. The molecule has 5 nitrogen and oxygen atoms in total. The van der Waals surface area contributed by atoms with Gasteiger partial charge in [-0.3, -0.25) is 0 Å². The van der Waals surface area contributed by atoms with Crippen LogP contribution in [-0.2, 0) is 19.6 Å². The fourth-order valence-corrected chi connectivity index (χ4v) is 3.16. The van der Waals surface area contributed by atoms with Gasteiger partial charge in [0.25, 0.3) is 0 Å². The van der Waals surface area contributed by atoms with Crippen molar-refractivity contribution in [3.05, 3.63) is 76.5 Å². The van der Waals surface area contributed by atoms with Gasteiger partial charge in [-0.1, -0.05) is 30.3 Å². The number of hydrogen-bond acceptors (Lipinski definition) is 3. The van der Waals surface area contributed by atoms with Crippen LogP contribution in [0, 0.1) is 0 Å². The molecule has 0 spiro atoms. The Morgan fingerprint density at radius 2 is 2.12 bits per heavy atom. The minimum absolute atomic E-state index is 0.650. The van der Waals surface area contributed by atoms with Crippen LogP contribution in [0.3, 0.4) is 0 Å². The summed E-state index contributed by atoms with van der Waals surface area (Å²) in [4.78, 5) is 10.1. The van der Waals surface area contributed by atoms with Gasteiger partial charge in [-0.25, -0.2) is 9.98 Å². The topological polar surface area (TPSA) is 54.2 Å². The number of nitrogens with zero attached hydrogens (tertiary/aromatic N) is 3. The van der Waals surface area contributed by atoms with Crippen molar-refractivity contribution in [2.24, 2.45) is 4.99 Å². The number of nitrogens with one attached hydrogen (secondary N) is 2. The average Bonchev–Trinajstić information content (AvgIpc) is 3.31. The van der Waals surface area contributed by atoms with Gasteiger partial charge in [0.1, 0.15) is 0 Å². The first-order valence-electron chi connectivity index (χ1n) is 8.41. The fourth-order valence-electron chi connectivity index (χ4n) is 2.51. The molecule has 0 radical (unpaired) electrons. The van der Waals surface area contributed by atoms with Crippen LogP contribution >= 0.6 is 11.3 Å². The minimum Gasteiger partial charge on any atom is -0.357 e. The van der Waals surface area contributed by atoms with Gasteiger partial charge in [0, 0.05) is 30.4 Å². The van der Waals surface area contributed by atoms with Gasteiger partial charge in [-0.05, 0) is 29.5 Å². The van der Waals surface area contributed by atoms with Gasteiger partial charge in [0.2, 0.25) is 0 Å². The lowest BCUT2D eigenvalue weighted by Gasteiger charge is -2.11. The lowest BCUT2D eigenvalue weighted by molar-refractivity contribution is 0.794. The smallest absolute Gasteiger partial charge is 0.191 e. The highest BCUT2D eigenvalue weighted by atomic mass is 32.1. The van der Waals surface area contributed by atoms with E-state index >= 15 is 0 Å². The second-order valence-corrected chi connectivity index (χ2v) is 6.72. The standard InChI is InChI=1S/C19H23N5S/c1-2-21-19(23-13-18-7-4-10-25-18)22-12-16-5-3-6-17(11-16)14-24-9-8-20-15-24/h3-11,15H,2,12-14H2,1H3,(H2,21,22,23). The van der Waals surface area contributed by atoms with Crippen LogP contribution in [0.2, 0.25) is 0 Å². The predicted molar refractivity (Wildman–Crippen MR) is 104 cm³/mol. The molecule has 0 unspecified atom stereocenters. The first-order chi connectivity index (χ1) is 12.3. The summed E-state index contributed by atoms with van der Waals surface area (Å²) in [6.07, 6.45) is 5.61. The van der Waals surface area contributed by atoms with Crippen LogP contribution in [0.25, 0.3) is 0 Å². The number of aliphatic imine (C=N–C) groups is 1. The van der Waals surface area contributed by atoms with Crippen molar-refractivity contribution >= 4 is 17.3 Å². The molecule has 0 saturated carbocycles. The summed E-state index contributed by atoms with van der Waals surface area (Å²) in [6.45, 7) is 5.20. The number of thiophene rings is 1. The minimum atomic E-state index is 0.650. The van der Waals surface area contributed by atoms with E-state index in [9.17, 15) is 0 Å². The number of imidazole rings is 1. The van der Waals surface area contributed by atoms with E-state index in [0.29, 0.717) is 6.54 Å². The molecule has 3 rings (SSSR count). The summed E-state index contributed by atoms with van der Waals surface area (Å²) in [5, 5.41) is 8.77. The Kier molecular flexibility index (Phi) is 6.23. The molecule has 0 saturated heterocycles. The Labute approximate surface area is 152 Å². The molecule has 2 heterocycles. The Balaban J connectivity index is 1.61. The molecular formula is C19H23N5S. The van der Waals surface area contributed by atoms with E-state index in [-0.39, 0.29) is 0 Å². The van der Waals surface area contributed by atoms with E-state index in [1.807, 2.05) is 12.5 Å². The number of rotatable bonds is 7. The van der Waals surface area contributed by atoms with Crippen LogP contribution in [-0.4, -0.2) is 22.1 Å². The van der Waals surface area contributed by atoms with E-state index in [1.54, 1.807) is 17.5 Å². The van der Waals surface area contributed by atoms with E-state index in [2.05, 4.69) is 68.9 Å². The van der Waals surface area contributed by atoms with Gasteiger partial charge < -0.3 is 15.2 Å². The molecule has 0 aliphatic carbocycles.